The maximum Gasteiger partial charge on any atom is 0.498 e. The highest BCUT2D eigenvalue weighted by molar-refractivity contribution is 6.63. The monoisotopic (exact) mass is 235 g/mol. The summed E-state index contributed by atoms with van der Waals surface area (Å²) in [5, 5.41) is 0. The maximum atomic E-state index is 5.93. The molecule has 0 spiro atoms. The van der Waals surface area contributed by atoms with Gasteiger partial charge in [-0.05, 0) is 33.8 Å². The minimum Gasteiger partial charge on any atom is -0.399 e. The van der Waals surface area contributed by atoms with Gasteiger partial charge in [0.2, 0.25) is 0 Å². The molecule has 92 valence electrons. The molecule has 1 aromatic rings. The first-order valence-corrected chi connectivity index (χ1v) is 5.64. The van der Waals surface area contributed by atoms with Crippen molar-refractivity contribution in [3.63, 3.8) is 0 Å². The lowest BCUT2D eigenvalue weighted by Gasteiger charge is -2.32. The summed E-state index contributed by atoms with van der Waals surface area (Å²) in [5.74, 6) is 6.00. The Morgan fingerprint density at radius 1 is 1.24 bits per heavy atom. The molecule has 1 fully saturated rings. The molecular formula is C11H18BN3O2. The third-order valence-electron chi connectivity index (χ3n) is 3.48. The molecule has 0 saturated carbocycles. The lowest BCUT2D eigenvalue weighted by molar-refractivity contribution is 0.00578. The Labute approximate surface area is 102 Å². The van der Waals surface area contributed by atoms with E-state index in [1.165, 1.54) is 0 Å². The fraction of sp³-hybridized carbons (Fsp3) is 0.545. The van der Waals surface area contributed by atoms with E-state index in [0.29, 0.717) is 5.82 Å². The number of hydrogen-bond acceptors (Lipinski definition) is 5. The van der Waals surface area contributed by atoms with Crippen LogP contribution in [0.2, 0.25) is 0 Å². The van der Waals surface area contributed by atoms with Crippen molar-refractivity contribution in [2.75, 3.05) is 5.43 Å². The van der Waals surface area contributed by atoms with Crippen molar-refractivity contribution in [2.45, 2.75) is 38.9 Å². The minimum atomic E-state index is -0.445. The Morgan fingerprint density at radius 2 is 1.82 bits per heavy atom. The summed E-state index contributed by atoms with van der Waals surface area (Å²) in [6.07, 6.45) is 1.67. The predicted molar refractivity (Wildman–Crippen MR) is 67.8 cm³/mol. The largest absolute Gasteiger partial charge is 0.498 e. The molecule has 5 nitrogen and oxygen atoms in total. The van der Waals surface area contributed by atoms with Gasteiger partial charge >= 0.3 is 7.12 Å². The van der Waals surface area contributed by atoms with E-state index < -0.39 is 7.12 Å². The molecule has 1 aliphatic rings. The lowest BCUT2D eigenvalue weighted by atomic mass is 9.79. The van der Waals surface area contributed by atoms with Crippen molar-refractivity contribution in [2.24, 2.45) is 5.84 Å². The van der Waals surface area contributed by atoms with Crippen LogP contribution in [0.5, 0.6) is 0 Å². The molecule has 3 N–H and O–H groups in total. The molecule has 0 bridgehead atoms. The summed E-state index contributed by atoms with van der Waals surface area (Å²) in [6, 6.07) is 3.73. The number of nitrogens with zero attached hydrogens (tertiary/aromatic N) is 1. The molecule has 1 saturated heterocycles. The van der Waals surface area contributed by atoms with Gasteiger partial charge in [0.05, 0.1) is 11.2 Å². The highest BCUT2D eigenvalue weighted by Crippen LogP contribution is 2.36. The summed E-state index contributed by atoms with van der Waals surface area (Å²) in [5.41, 5.74) is 2.65. The Kier molecular flexibility index (Phi) is 2.89. The Morgan fingerprint density at radius 3 is 2.35 bits per heavy atom. The van der Waals surface area contributed by atoms with Gasteiger partial charge < -0.3 is 14.7 Å². The van der Waals surface area contributed by atoms with Gasteiger partial charge in [0.15, 0.2) is 0 Å². The van der Waals surface area contributed by atoms with Crippen LogP contribution in [0.15, 0.2) is 18.3 Å². The topological polar surface area (TPSA) is 69.4 Å². The van der Waals surface area contributed by atoms with E-state index in [2.05, 4.69) is 10.4 Å². The quantitative estimate of drug-likeness (QED) is 0.448. The fourth-order valence-corrected chi connectivity index (χ4v) is 1.70. The number of rotatable bonds is 2. The van der Waals surface area contributed by atoms with E-state index >= 15 is 0 Å². The van der Waals surface area contributed by atoms with Gasteiger partial charge in [0.25, 0.3) is 0 Å². The number of nitrogens with one attached hydrogen (secondary N) is 1. The zero-order valence-electron chi connectivity index (χ0n) is 10.7. The average Bonchev–Trinajstić information content (AvgIpc) is 2.48. The van der Waals surface area contributed by atoms with Gasteiger partial charge in [0, 0.05) is 11.7 Å². The minimum absolute atomic E-state index is 0.362. The van der Waals surface area contributed by atoms with E-state index in [9.17, 15) is 0 Å². The van der Waals surface area contributed by atoms with Gasteiger partial charge in [-0.1, -0.05) is 6.07 Å². The van der Waals surface area contributed by atoms with Crippen LogP contribution in [0.25, 0.3) is 0 Å². The van der Waals surface area contributed by atoms with Gasteiger partial charge in [-0.15, -0.1) is 0 Å². The van der Waals surface area contributed by atoms with E-state index in [0.717, 1.165) is 5.46 Å². The van der Waals surface area contributed by atoms with Gasteiger partial charge in [0.1, 0.15) is 5.82 Å². The molecule has 17 heavy (non-hydrogen) atoms. The number of nitrogen functional groups attached to an aromatic ring is 1. The number of anilines is 1. The van der Waals surface area contributed by atoms with Crippen molar-refractivity contribution in [1.82, 2.24) is 4.98 Å². The van der Waals surface area contributed by atoms with Crippen LogP contribution in [0.1, 0.15) is 27.7 Å². The predicted octanol–water partition coefficient (Wildman–Crippen LogP) is 0.666. The maximum absolute atomic E-state index is 5.93. The Balaban J connectivity index is 2.32. The van der Waals surface area contributed by atoms with Crippen LogP contribution < -0.4 is 16.7 Å². The molecule has 2 rings (SSSR count). The van der Waals surface area contributed by atoms with E-state index in [1.807, 2.05) is 39.8 Å². The molecule has 1 aliphatic heterocycles. The van der Waals surface area contributed by atoms with Gasteiger partial charge in [-0.25, -0.2) is 10.8 Å². The molecule has 0 aromatic carbocycles. The highest BCUT2D eigenvalue weighted by atomic mass is 16.7. The Bertz CT molecular complexity index is 407. The van der Waals surface area contributed by atoms with Crippen molar-refractivity contribution in [1.29, 1.82) is 0 Å². The van der Waals surface area contributed by atoms with Crippen LogP contribution in [0.3, 0.4) is 0 Å². The summed E-state index contributed by atoms with van der Waals surface area (Å²) >= 11 is 0. The molecule has 1 aromatic heterocycles. The smallest absolute Gasteiger partial charge is 0.399 e. The second kappa shape index (κ2) is 3.98. The second-order valence-corrected chi connectivity index (χ2v) is 5.17. The highest BCUT2D eigenvalue weighted by Gasteiger charge is 2.52. The van der Waals surface area contributed by atoms with Crippen LogP contribution in [-0.4, -0.2) is 23.3 Å². The van der Waals surface area contributed by atoms with E-state index in [1.54, 1.807) is 6.20 Å². The van der Waals surface area contributed by atoms with Crippen LogP contribution >= 0.6 is 0 Å². The zero-order chi connectivity index (χ0) is 12.7. The number of nitrogens with two attached hydrogens (primary N) is 1. The van der Waals surface area contributed by atoms with Gasteiger partial charge in [-0.3, -0.25) is 0 Å². The van der Waals surface area contributed by atoms with Crippen molar-refractivity contribution < 1.29 is 9.31 Å². The molecule has 2 heterocycles. The first kappa shape index (κ1) is 12.4. The molecule has 6 heteroatoms. The zero-order valence-corrected chi connectivity index (χ0v) is 10.7. The first-order valence-electron chi connectivity index (χ1n) is 5.64. The molecule has 0 radical (unpaired) electrons. The third kappa shape index (κ3) is 2.03. The fourth-order valence-electron chi connectivity index (χ4n) is 1.70. The normalized spacial score (nSPS) is 21.6. The number of hydrazine groups is 1. The van der Waals surface area contributed by atoms with Gasteiger partial charge in [-0.2, -0.15) is 0 Å². The molecular weight excluding hydrogens is 217 g/mol. The van der Waals surface area contributed by atoms with Crippen molar-refractivity contribution >= 4 is 18.4 Å². The molecule has 0 atom stereocenters. The van der Waals surface area contributed by atoms with Crippen LogP contribution in [-0.2, 0) is 9.31 Å². The number of aromatic nitrogens is 1. The number of hydrogen-bond donors (Lipinski definition) is 2. The first-order chi connectivity index (χ1) is 7.87. The Hall–Kier alpha value is -1.11. The van der Waals surface area contributed by atoms with Crippen molar-refractivity contribution in [3.8, 4) is 0 Å². The summed E-state index contributed by atoms with van der Waals surface area (Å²) in [4.78, 5) is 4.14. The lowest BCUT2D eigenvalue weighted by Crippen LogP contribution is -2.41. The van der Waals surface area contributed by atoms with E-state index in [4.69, 9.17) is 15.2 Å². The second-order valence-electron chi connectivity index (χ2n) is 5.17. The standard InChI is InChI=1S/C11H18BN3O2/c1-10(2)11(3,4)17-12(16-10)8-6-5-7-14-9(8)15-13/h5-7H,13H2,1-4H3,(H,14,15). The summed E-state index contributed by atoms with van der Waals surface area (Å²) in [7, 11) is -0.445. The molecule has 0 aliphatic carbocycles. The molecule has 0 unspecified atom stereocenters. The van der Waals surface area contributed by atoms with Crippen LogP contribution in [0, 0.1) is 0 Å². The third-order valence-corrected chi connectivity index (χ3v) is 3.48. The average molecular weight is 235 g/mol. The summed E-state index contributed by atoms with van der Waals surface area (Å²) in [6.45, 7) is 8.05. The molecule has 0 amide bonds. The SMILES string of the molecule is CC1(C)OB(c2cccnc2NN)OC1(C)C. The van der Waals surface area contributed by atoms with E-state index in [-0.39, 0.29) is 11.2 Å². The summed E-state index contributed by atoms with van der Waals surface area (Å²) < 4.78 is 11.9. The van der Waals surface area contributed by atoms with Crippen molar-refractivity contribution in [3.05, 3.63) is 18.3 Å². The van der Waals surface area contributed by atoms with Crippen LogP contribution in [0.4, 0.5) is 5.82 Å². The number of pyridine rings is 1.